The molecular formula is C16H18ClN3S. The number of hydrogen-bond acceptors (Lipinski definition) is 3. The molecule has 0 atom stereocenters. The van der Waals surface area contributed by atoms with Crippen LogP contribution in [0.1, 0.15) is 11.1 Å². The summed E-state index contributed by atoms with van der Waals surface area (Å²) in [6.45, 7) is 0.731. The van der Waals surface area contributed by atoms with E-state index in [2.05, 4.69) is 4.90 Å². The predicted molar refractivity (Wildman–Crippen MR) is 92.8 cm³/mol. The van der Waals surface area contributed by atoms with Crippen LogP contribution in [0.2, 0.25) is 5.02 Å². The van der Waals surface area contributed by atoms with Crippen LogP contribution in [0.3, 0.4) is 0 Å². The Kier molecular flexibility index (Phi) is 5.15. The lowest BCUT2D eigenvalue weighted by Crippen LogP contribution is -2.22. The molecule has 0 bridgehead atoms. The fraction of sp³-hybridized carbons (Fsp3) is 0.188. The van der Waals surface area contributed by atoms with Gasteiger partial charge in [-0.25, -0.2) is 0 Å². The van der Waals surface area contributed by atoms with E-state index in [9.17, 15) is 0 Å². The molecule has 3 N–H and O–H groups in total. The van der Waals surface area contributed by atoms with Gasteiger partial charge in [0.2, 0.25) is 0 Å². The molecule has 0 saturated heterocycles. The fourth-order valence-electron chi connectivity index (χ4n) is 2.23. The third kappa shape index (κ3) is 3.71. The second-order valence-corrected chi connectivity index (χ2v) is 6.04. The Balaban J connectivity index is 2.32. The van der Waals surface area contributed by atoms with Crippen molar-refractivity contribution < 1.29 is 0 Å². The van der Waals surface area contributed by atoms with Gasteiger partial charge < -0.3 is 10.6 Å². The number of nitrogen functional groups attached to an aromatic ring is 1. The number of halogens is 1. The van der Waals surface area contributed by atoms with Crippen molar-refractivity contribution >= 4 is 34.9 Å². The molecule has 2 rings (SSSR count). The van der Waals surface area contributed by atoms with Gasteiger partial charge in [0.25, 0.3) is 0 Å². The molecule has 0 saturated carbocycles. The quantitative estimate of drug-likeness (QED) is 0.498. The zero-order valence-corrected chi connectivity index (χ0v) is 13.6. The minimum absolute atomic E-state index is 0.0953. The number of hydrogen-bond donors (Lipinski definition) is 2. The van der Waals surface area contributed by atoms with Crippen LogP contribution in [0.4, 0.5) is 5.69 Å². The Labute approximate surface area is 134 Å². The van der Waals surface area contributed by atoms with Crippen LogP contribution in [0.25, 0.3) is 0 Å². The Morgan fingerprint density at radius 1 is 1.24 bits per heavy atom. The number of nitrogens with zero attached hydrogens (tertiary/aromatic N) is 1. The minimum Gasteiger partial charge on any atom is -0.384 e. The molecule has 110 valence electrons. The van der Waals surface area contributed by atoms with Crippen molar-refractivity contribution in [1.29, 1.82) is 5.41 Å². The molecule has 0 aliphatic rings. The van der Waals surface area contributed by atoms with Crippen LogP contribution in [-0.2, 0) is 6.54 Å². The molecule has 0 aliphatic carbocycles. The molecule has 0 radical (unpaired) electrons. The summed E-state index contributed by atoms with van der Waals surface area (Å²) in [7, 11) is 2.00. The van der Waals surface area contributed by atoms with Crippen LogP contribution in [-0.4, -0.2) is 19.1 Å². The Bertz CT molecular complexity index is 640. The lowest BCUT2D eigenvalue weighted by Gasteiger charge is -2.23. The summed E-state index contributed by atoms with van der Waals surface area (Å²) in [5.74, 6) is 0.0953. The smallest absolute Gasteiger partial charge is 0.126 e. The van der Waals surface area contributed by atoms with E-state index in [0.29, 0.717) is 0 Å². The molecule has 3 nitrogen and oxygen atoms in total. The van der Waals surface area contributed by atoms with Crippen LogP contribution < -0.4 is 10.6 Å². The van der Waals surface area contributed by atoms with Crippen LogP contribution in [0.15, 0.2) is 47.4 Å². The first-order chi connectivity index (χ1) is 10.0. The molecule has 0 aliphatic heterocycles. The maximum Gasteiger partial charge on any atom is 0.126 e. The molecule has 2 aromatic rings. The molecule has 0 unspecified atom stereocenters. The van der Waals surface area contributed by atoms with Gasteiger partial charge in [0.05, 0.1) is 5.56 Å². The van der Waals surface area contributed by atoms with Gasteiger partial charge in [-0.3, -0.25) is 5.41 Å². The van der Waals surface area contributed by atoms with Crippen molar-refractivity contribution in [3.63, 3.8) is 0 Å². The molecule has 0 aromatic heterocycles. The zero-order chi connectivity index (χ0) is 15.4. The van der Waals surface area contributed by atoms with Crippen molar-refractivity contribution in [2.45, 2.75) is 11.4 Å². The molecular weight excluding hydrogens is 302 g/mol. The van der Waals surface area contributed by atoms with E-state index >= 15 is 0 Å². The normalized spacial score (nSPS) is 10.4. The second kappa shape index (κ2) is 6.87. The highest BCUT2D eigenvalue weighted by atomic mass is 35.5. The first kappa shape index (κ1) is 15.7. The van der Waals surface area contributed by atoms with Gasteiger partial charge in [-0.2, -0.15) is 0 Å². The molecule has 0 amide bonds. The van der Waals surface area contributed by atoms with E-state index in [4.69, 9.17) is 22.7 Å². The highest BCUT2D eigenvalue weighted by Crippen LogP contribution is 2.29. The van der Waals surface area contributed by atoms with E-state index in [0.717, 1.165) is 33.3 Å². The molecule has 0 heterocycles. The molecule has 0 fully saturated rings. The summed E-state index contributed by atoms with van der Waals surface area (Å²) >= 11 is 7.51. The number of anilines is 1. The van der Waals surface area contributed by atoms with Gasteiger partial charge in [0.15, 0.2) is 0 Å². The van der Waals surface area contributed by atoms with Gasteiger partial charge in [0.1, 0.15) is 5.84 Å². The summed E-state index contributed by atoms with van der Waals surface area (Å²) in [4.78, 5) is 3.11. The maximum atomic E-state index is 7.84. The Hall–Kier alpha value is -1.65. The SMILES string of the molecule is CSc1cccc(N(C)Cc2ccc(Cl)cc2)c1C(=N)N. The predicted octanol–water partition coefficient (Wildman–Crippen LogP) is 3.98. The minimum atomic E-state index is 0.0953. The standard InChI is InChI=1S/C16H18ClN3S/c1-20(10-11-6-8-12(17)9-7-11)13-4-3-5-14(21-2)15(13)16(18)19/h3-9H,10H2,1-2H3,(H3,18,19). The van der Waals surface area contributed by atoms with Crippen molar-refractivity contribution in [2.75, 3.05) is 18.2 Å². The maximum absolute atomic E-state index is 7.84. The number of thioether (sulfide) groups is 1. The monoisotopic (exact) mass is 319 g/mol. The summed E-state index contributed by atoms with van der Waals surface area (Å²) in [5.41, 5.74) is 8.68. The average molecular weight is 320 g/mol. The average Bonchev–Trinajstić information content (AvgIpc) is 2.48. The van der Waals surface area contributed by atoms with Crippen LogP contribution in [0, 0.1) is 5.41 Å². The van der Waals surface area contributed by atoms with E-state index in [1.54, 1.807) is 11.8 Å². The highest BCUT2D eigenvalue weighted by molar-refractivity contribution is 7.98. The van der Waals surface area contributed by atoms with Crippen molar-refractivity contribution in [3.8, 4) is 0 Å². The lowest BCUT2D eigenvalue weighted by molar-refractivity contribution is 0.918. The fourth-order valence-corrected chi connectivity index (χ4v) is 2.99. The lowest BCUT2D eigenvalue weighted by atomic mass is 10.1. The number of benzene rings is 2. The first-order valence-corrected chi connectivity index (χ1v) is 8.10. The van der Waals surface area contributed by atoms with Gasteiger partial charge >= 0.3 is 0 Å². The van der Waals surface area contributed by atoms with Crippen LogP contribution in [0.5, 0.6) is 0 Å². The molecule has 2 aromatic carbocycles. The Morgan fingerprint density at radius 2 is 1.90 bits per heavy atom. The first-order valence-electron chi connectivity index (χ1n) is 6.50. The number of nitrogens with two attached hydrogens (primary N) is 1. The third-order valence-electron chi connectivity index (χ3n) is 3.24. The number of amidine groups is 1. The van der Waals surface area contributed by atoms with Gasteiger partial charge in [-0.15, -0.1) is 11.8 Å². The summed E-state index contributed by atoms with van der Waals surface area (Å²) in [6, 6.07) is 13.7. The summed E-state index contributed by atoms with van der Waals surface area (Å²) in [6.07, 6.45) is 1.99. The number of rotatable bonds is 5. The second-order valence-electron chi connectivity index (χ2n) is 4.75. The summed E-state index contributed by atoms with van der Waals surface area (Å²) in [5, 5.41) is 8.57. The highest BCUT2D eigenvalue weighted by Gasteiger charge is 2.14. The van der Waals surface area contributed by atoms with Gasteiger partial charge in [-0.05, 0) is 36.1 Å². The topological polar surface area (TPSA) is 53.1 Å². The van der Waals surface area contributed by atoms with E-state index < -0.39 is 0 Å². The van der Waals surface area contributed by atoms with Crippen molar-refractivity contribution in [3.05, 3.63) is 58.6 Å². The van der Waals surface area contributed by atoms with Gasteiger partial charge in [-0.1, -0.05) is 29.8 Å². The molecule has 5 heteroatoms. The van der Waals surface area contributed by atoms with E-state index in [1.165, 1.54) is 0 Å². The largest absolute Gasteiger partial charge is 0.384 e. The van der Waals surface area contributed by atoms with Crippen molar-refractivity contribution in [2.24, 2.45) is 5.73 Å². The summed E-state index contributed by atoms with van der Waals surface area (Å²) < 4.78 is 0. The third-order valence-corrected chi connectivity index (χ3v) is 4.27. The van der Waals surface area contributed by atoms with Gasteiger partial charge in [0, 0.05) is 29.2 Å². The Morgan fingerprint density at radius 3 is 2.48 bits per heavy atom. The van der Waals surface area contributed by atoms with Crippen molar-refractivity contribution in [1.82, 2.24) is 0 Å². The number of nitrogens with one attached hydrogen (secondary N) is 1. The van der Waals surface area contributed by atoms with E-state index in [1.807, 2.05) is 55.8 Å². The van der Waals surface area contributed by atoms with E-state index in [-0.39, 0.29) is 5.84 Å². The molecule has 0 spiro atoms. The molecule has 21 heavy (non-hydrogen) atoms. The zero-order valence-electron chi connectivity index (χ0n) is 12.1. The van der Waals surface area contributed by atoms with Crippen LogP contribution >= 0.6 is 23.4 Å².